The number of hydrogen-bond acceptors (Lipinski definition) is 5. The van der Waals surface area contributed by atoms with Gasteiger partial charge in [0.05, 0.1) is 11.3 Å². The Labute approximate surface area is 165 Å². The van der Waals surface area contributed by atoms with E-state index >= 15 is 0 Å². The molecule has 0 saturated carbocycles. The smallest absolute Gasteiger partial charge is 0.242 e. The highest BCUT2D eigenvalue weighted by Crippen LogP contribution is 2.20. The highest BCUT2D eigenvalue weighted by Gasteiger charge is 2.25. The van der Waals surface area contributed by atoms with E-state index in [1.165, 1.54) is 22.7 Å². The second kappa shape index (κ2) is 9.33. The largest absolute Gasteiger partial charge is 0.356 e. The third kappa shape index (κ3) is 6.72. The van der Waals surface area contributed by atoms with Crippen LogP contribution in [0.25, 0.3) is 0 Å². The van der Waals surface area contributed by atoms with Crippen molar-refractivity contribution in [2.45, 2.75) is 24.2 Å². The molecule has 0 unspecified atom stereocenters. The zero-order valence-electron chi connectivity index (χ0n) is 15.0. The maximum absolute atomic E-state index is 12.2. The van der Waals surface area contributed by atoms with Gasteiger partial charge in [0.25, 0.3) is 0 Å². The van der Waals surface area contributed by atoms with Gasteiger partial charge in [0, 0.05) is 32.6 Å². The summed E-state index contributed by atoms with van der Waals surface area (Å²) < 4.78 is 51.1. The first-order chi connectivity index (χ1) is 12.6. The minimum Gasteiger partial charge on any atom is -0.356 e. The summed E-state index contributed by atoms with van der Waals surface area (Å²) in [6.45, 7) is 1.33. The minimum atomic E-state index is -3.77. The molecule has 1 aromatic rings. The van der Waals surface area contributed by atoms with Gasteiger partial charge in [-0.3, -0.25) is 4.79 Å². The molecule has 0 atom stereocenters. The lowest BCUT2D eigenvalue weighted by Crippen LogP contribution is -2.41. The van der Waals surface area contributed by atoms with Crippen molar-refractivity contribution < 1.29 is 21.6 Å². The molecule has 1 heterocycles. The Bertz CT molecular complexity index is 866. The second-order valence-corrected chi connectivity index (χ2v) is 10.6. The fourth-order valence-corrected chi connectivity index (χ4v) is 5.25. The molecule has 0 bridgehead atoms. The molecule has 1 aliphatic rings. The van der Waals surface area contributed by atoms with Crippen LogP contribution in [0.5, 0.6) is 0 Å². The molecular formula is C16H24ClN3O5S2. The van der Waals surface area contributed by atoms with Crippen LogP contribution < -0.4 is 10.0 Å². The van der Waals surface area contributed by atoms with Gasteiger partial charge in [-0.05, 0) is 30.9 Å². The summed E-state index contributed by atoms with van der Waals surface area (Å²) in [5, 5.41) is 2.90. The number of rotatable bonds is 8. The quantitative estimate of drug-likeness (QED) is 0.624. The molecule has 1 aliphatic heterocycles. The minimum absolute atomic E-state index is 0.00582. The second-order valence-electron chi connectivity index (χ2n) is 6.49. The van der Waals surface area contributed by atoms with E-state index in [0.29, 0.717) is 32.5 Å². The molecule has 2 N–H and O–H groups in total. The fourth-order valence-electron chi connectivity index (χ4n) is 2.83. The molecule has 0 aromatic heterocycles. The van der Waals surface area contributed by atoms with Crippen molar-refractivity contribution in [1.82, 2.24) is 14.3 Å². The number of carbonyl (C=O) groups is 1. The zero-order valence-corrected chi connectivity index (χ0v) is 17.4. The summed E-state index contributed by atoms with van der Waals surface area (Å²) in [6, 6.07) is 6.09. The summed E-state index contributed by atoms with van der Waals surface area (Å²) in [5.41, 5.74) is 0. The molecule has 8 nitrogen and oxygen atoms in total. The molecule has 11 heteroatoms. The Morgan fingerprint density at radius 3 is 2.41 bits per heavy atom. The molecule has 1 saturated heterocycles. The highest BCUT2D eigenvalue weighted by molar-refractivity contribution is 7.89. The molecule has 2 rings (SSSR count). The van der Waals surface area contributed by atoms with Gasteiger partial charge in [-0.1, -0.05) is 23.7 Å². The van der Waals surface area contributed by atoms with Crippen LogP contribution in [0.1, 0.15) is 19.3 Å². The van der Waals surface area contributed by atoms with E-state index in [1.807, 2.05) is 0 Å². The number of nitrogens with one attached hydrogen (secondary N) is 2. The van der Waals surface area contributed by atoms with Crippen molar-refractivity contribution in [2.75, 3.05) is 32.4 Å². The Balaban J connectivity index is 1.71. The number of piperidine rings is 1. The molecule has 27 heavy (non-hydrogen) atoms. The van der Waals surface area contributed by atoms with Crippen molar-refractivity contribution in [3.05, 3.63) is 29.3 Å². The van der Waals surface area contributed by atoms with Crippen LogP contribution in [-0.2, 0) is 24.8 Å². The van der Waals surface area contributed by atoms with Crippen LogP contribution in [0.4, 0.5) is 0 Å². The molecule has 1 amide bonds. The van der Waals surface area contributed by atoms with Crippen molar-refractivity contribution in [1.29, 1.82) is 0 Å². The van der Waals surface area contributed by atoms with Crippen LogP contribution in [0, 0.1) is 5.92 Å². The molecular weight excluding hydrogens is 414 g/mol. The predicted molar refractivity (Wildman–Crippen MR) is 103 cm³/mol. The van der Waals surface area contributed by atoms with Gasteiger partial charge < -0.3 is 5.32 Å². The monoisotopic (exact) mass is 437 g/mol. The number of amides is 1. The molecule has 0 aliphatic carbocycles. The summed E-state index contributed by atoms with van der Waals surface area (Å²) in [7, 11) is -6.93. The molecule has 0 spiro atoms. The predicted octanol–water partition coefficient (Wildman–Crippen LogP) is 0.796. The summed E-state index contributed by atoms with van der Waals surface area (Å²) in [6.07, 6.45) is 2.57. The third-order valence-electron chi connectivity index (χ3n) is 4.40. The van der Waals surface area contributed by atoms with Gasteiger partial charge in [-0.25, -0.2) is 25.9 Å². The van der Waals surface area contributed by atoms with Gasteiger partial charge in [-0.15, -0.1) is 0 Å². The standard InChI is InChI=1S/C16H24ClN3O5S2/c1-26(22,23)20-10-7-13(8-11-20)12-18-16(21)6-9-19-27(24,25)15-5-3-2-4-14(15)17/h2-5,13,19H,6-12H2,1H3,(H,18,21). The fraction of sp³-hybridized carbons (Fsp3) is 0.562. The zero-order chi connectivity index (χ0) is 20.1. The van der Waals surface area contributed by atoms with Gasteiger partial charge in [0.15, 0.2) is 0 Å². The average Bonchev–Trinajstić information content (AvgIpc) is 2.59. The van der Waals surface area contributed by atoms with Crippen molar-refractivity contribution in [3.8, 4) is 0 Å². The Hall–Kier alpha value is -1.20. The molecule has 0 radical (unpaired) electrons. The summed E-state index contributed by atoms with van der Waals surface area (Å²) in [5.74, 6) is -0.0471. The van der Waals surface area contributed by atoms with Gasteiger partial charge >= 0.3 is 0 Å². The van der Waals surface area contributed by atoms with E-state index in [4.69, 9.17) is 11.6 Å². The number of nitrogens with zero attached hydrogens (tertiary/aromatic N) is 1. The Kier molecular flexibility index (Phi) is 7.64. The lowest BCUT2D eigenvalue weighted by atomic mass is 9.98. The first-order valence-corrected chi connectivity index (χ1v) is 12.3. The average molecular weight is 438 g/mol. The van der Waals surface area contributed by atoms with E-state index < -0.39 is 20.0 Å². The Morgan fingerprint density at radius 1 is 1.19 bits per heavy atom. The van der Waals surface area contributed by atoms with Crippen LogP contribution in [0.15, 0.2) is 29.2 Å². The van der Waals surface area contributed by atoms with E-state index in [0.717, 1.165) is 0 Å². The maximum atomic E-state index is 12.2. The summed E-state index contributed by atoms with van der Waals surface area (Å²) in [4.78, 5) is 11.9. The first-order valence-electron chi connectivity index (χ1n) is 8.55. The van der Waals surface area contributed by atoms with E-state index in [-0.39, 0.29) is 34.7 Å². The maximum Gasteiger partial charge on any atom is 0.242 e. The van der Waals surface area contributed by atoms with Gasteiger partial charge in [0.1, 0.15) is 4.90 Å². The van der Waals surface area contributed by atoms with Crippen molar-refractivity contribution >= 4 is 37.6 Å². The molecule has 1 fully saturated rings. The van der Waals surface area contributed by atoms with Crippen LogP contribution in [-0.4, -0.2) is 59.5 Å². The van der Waals surface area contributed by atoms with Gasteiger partial charge in [0.2, 0.25) is 26.0 Å². The molecule has 152 valence electrons. The molecule has 1 aromatic carbocycles. The van der Waals surface area contributed by atoms with Crippen molar-refractivity contribution in [2.24, 2.45) is 5.92 Å². The normalized spacial score (nSPS) is 17.0. The van der Waals surface area contributed by atoms with Crippen LogP contribution in [0.2, 0.25) is 5.02 Å². The van der Waals surface area contributed by atoms with Crippen molar-refractivity contribution in [3.63, 3.8) is 0 Å². The van der Waals surface area contributed by atoms with E-state index in [2.05, 4.69) is 10.0 Å². The van der Waals surface area contributed by atoms with Gasteiger partial charge in [-0.2, -0.15) is 0 Å². The number of benzene rings is 1. The first kappa shape index (κ1) is 22.1. The van der Waals surface area contributed by atoms with Crippen LogP contribution in [0.3, 0.4) is 0 Å². The Morgan fingerprint density at radius 2 is 1.81 bits per heavy atom. The van der Waals surface area contributed by atoms with Crippen LogP contribution >= 0.6 is 11.6 Å². The number of sulfonamides is 2. The summed E-state index contributed by atoms with van der Waals surface area (Å²) >= 11 is 5.88. The van der Waals surface area contributed by atoms with E-state index in [1.54, 1.807) is 12.1 Å². The lowest BCUT2D eigenvalue weighted by molar-refractivity contribution is -0.121. The number of halogens is 1. The number of carbonyl (C=O) groups excluding carboxylic acids is 1. The topological polar surface area (TPSA) is 113 Å². The van der Waals surface area contributed by atoms with E-state index in [9.17, 15) is 21.6 Å². The number of hydrogen-bond donors (Lipinski definition) is 2. The SMILES string of the molecule is CS(=O)(=O)N1CCC(CNC(=O)CCNS(=O)(=O)c2ccccc2Cl)CC1. The third-order valence-corrected chi connectivity index (χ3v) is 7.66. The highest BCUT2D eigenvalue weighted by atomic mass is 35.5. The lowest BCUT2D eigenvalue weighted by Gasteiger charge is -2.30.